The Kier molecular flexibility index (Phi) is 19.0. The molecule has 0 bridgehead atoms. The molecule has 0 aliphatic carbocycles. The van der Waals surface area contributed by atoms with Crippen LogP contribution in [0.25, 0.3) is 0 Å². The molecule has 2 N–H and O–H groups in total. The van der Waals surface area contributed by atoms with Gasteiger partial charge in [-0.1, -0.05) is 19.3 Å². The van der Waals surface area contributed by atoms with Crippen LogP contribution in [0.1, 0.15) is 80.1 Å². The van der Waals surface area contributed by atoms with Gasteiger partial charge in [0.2, 0.25) is 24.2 Å². The molecule has 0 saturated heterocycles. The van der Waals surface area contributed by atoms with Gasteiger partial charge >= 0.3 is 11.9 Å². The first-order valence-corrected chi connectivity index (χ1v) is 13.9. The van der Waals surface area contributed by atoms with Crippen molar-refractivity contribution in [3.05, 3.63) is 0 Å². The number of carboxylic acids is 2. The van der Waals surface area contributed by atoms with Gasteiger partial charge in [-0.05, 0) is 54.4 Å². The molecular formula is C27H52O12. The molecule has 0 fully saturated rings. The number of carbonyl (C=O) groups is 2. The highest BCUT2D eigenvalue weighted by Gasteiger charge is 2.77. The van der Waals surface area contributed by atoms with Gasteiger partial charge in [-0.15, -0.1) is 0 Å². The molecule has 0 saturated carbocycles. The Morgan fingerprint density at radius 3 is 1.28 bits per heavy atom. The number of ether oxygens (including phenoxy) is 8. The van der Waals surface area contributed by atoms with Crippen LogP contribution in [0.5, 0.6) is 0 Å². The lowest BCUT2D eigenvalue weighted by Crippen LogP contribution is -2.77. The van der Waals surface area contributed by atoms with E-state index in [1.807, 2.05) is 0 Å². The van der Waals surface area contributed by atoms with Crippen LogP contribution in [0.3, 0.4) is 0 Å². The largest absolute Gasteiger partial charge is 0.481 e. The third-order valence-corrected chi connectivity index (χ3v) is 6.46. The minimum Gasteiger partial charge on any atom is -0.481 e. The van der Waals surface area contributed by atoms with Gasteiger partial charge in [0, 0.05) is 60.3 Å². The number of hydrogen-bond donors (Lipinski definition) is 2. The van der Waals surface area contributed by atoms with Gasteiger partial charge in [-0.25, -0.2) is 0 Å². The molecule has 0 radical (unpaired) electrons. The molecule has 0 rings (SSSR count). The third-order valence-electron chi connectivity index (χ3n) is 6.46. The minimum atomic E-state index is -2.17. The van der Waals surface area contributed by atoms with Gasteiger partial charge in [0.05, 0.1) is 0 Å². The second kappa shape index (κ2) is 19.7. The van der Waals surface area contributed by atoms with Gasteiger partial charge in [0.15, 0.2) is 5.41 Å². The van der Waals surface area contributed by atoms with Crippen LogP contribution in [0.15, 0.2) is 0 Å². The zero-order valence-electron chi connectivity index (χ0n) is 25.1. The van der Waals surface area contributed by atoms with Crippen molar-refractivity contribution in [3.8, 4) is 0 Å². The molecule has 0 aromatic rings. The Balaban J connectivity index is 7.48. The highest BCUT2D eigenvalue weighted by atomic mass is 16.8. The quantitative estimate of drug-likeness (QED) is 0.115. The number of methoxy groups -OCH3 is 2. The van der Waals surface area contributed by atoms with Crippen LogP contribution in [0.2, 0.25) is 0 Å². The number of unbranched alkanes of at least 4 members (excludes halogenated alkanes) is 3. The first-order chi connectivity index (χ1) is 18.6. The van der Waals surface area contributed by atoms with Crippen LogP contribution in [0.4, 0.5) is 0 Å². The first kappa shape index (κ1) is 37.6. The summed E-state index contributed by atoms with van der Waals surface area (Å²) in [5.41, 5.74) is -2.17. The van der Waals surface area contributed by atoms with Gasteiger partial charge < -0.3 is 48.1 Å². The van der Waals surface area contributed by atoms with Gasteiger partial charge in [-0.3, -0.25) is 9.59 Å². The van der Waals surface area contributed by atoms with Gasteiger partial charge in [0.25, 0.3) is 0 Å². The van der Waals surface area contributed by atoms with Crippen LogP contribution in [-0.4, -0.2) is 100 Å². The first-order valence-electron chi connectivity index (χ1n) is 13.9. The summed E-state index contributed by atoms with van der Waals surface area (Å²) in [5, 5.41) is 20.2. The molecule has 2 atom stereocenters. The van der Waals surface area contributed by atoms with E-state index in [2.05, 4.69) is 0 Å². The van der Waals surface area contributed by atoms with E-state index >= 15 is 0 Å². The van der Waals surface area contributed by atoms with E-state index < -0.39 is 41.5 Å². The van der Waals surface area contributed by atoms with E-state index in [0.29, 0.717) is 25.7 Å². The van der Waals surface area contributed by atoms with Gasteiger partial charge in [0.1, 0.15) is 0 Å². The third kappa shape index (κ3) is 8.80. The average molecular weight is 569 g/mol. The summed E-state index contributed by atoms with van der Waals surface area (Å²) < 4.78 is 48.3. The van der Waals surface area contributed by atoms with E-state index in [0.717, 1.165) is 0 Å². The molecule has 2 unspecified atom stereocenters. The summed E-state index contributed by atoms with van der Waals surface area (Å²) >= 11 is 0. The Morgan fingerprint density at radius 1 is 0.615 bits per heavy atom. The molecule has 0 heterocycles. The number of carboxylic acid groups (broad SMARTS) is 2. The lowest BCUT2D eigenvalue weighted by atomic mass is 9.66. The van der Waals surface area contributed by atoms with E-state index in [-0.39, 0.29) is 52.5 Å². The van der Waals surface area contributed by atoms with E-state index in [4.69, 9.17) is 43.0 Å². The molecule has 0 aromatic heterocycles. The Morgan fingerprint density at radius 2 is 1.00 bits per heavy atom. The zero-order chi connectivity index (χ0) is 30.0. The predicted octanol–water partition coefficient (Wildman–Crippen LogP) is 4.04. The molecular weight excluding hydrogens is 516 g/mol. The number of rotatable bonds is 26. The van der Waals surface area contributed by atoms with Crippen molar-refractivity contribution in [2.45, 2.75) is 104 Å². The molecule has 39 heavy (non-hydrogen) atoms. The summed E-state index contributed by atoms with van der Waals surface area (Å²) in [6.45, 7) is 11.2. The molecule has 12 nitrogen and oxygen atoms in total. The lowest BCUT2D eigenvalue weighted by molar-refractivity contribution is -0.461. The second-order valence-corrected chi connectivity index (χ2v) is 8.61. The highest BCUT2D eigenvalue weighted by Crippen LogP contribution is 2.55. The maximum Gasteiger partial charge on any atom is 0.321 e. The van der Waals surface area contributed by atoms with Crippen molar-refractivity contribution in [1.82, 2.24) is 0 Å². The summed E-state index contributed by atoms with van der Waals surface area (Å²) in [4.78, 5) is 24.8. The smallest absolute Gasteiger partial charge is 0.321 e. The molecule has 12 heteroatoms. The van der Waals surface area contributed by atoms with Crippen molar-refractivity contribution >= 4 is 11.9 Å². The summed E-state index contributed by atoms with van der Waals surface area (Å²) in [6, 6.07) is 0. The highest BCUT2D eigenvalue weighted by molar-refractivity contribution is 5.78. The van der Waals surface area contributed by atoms with Crippen molar-refractivity contribution in [2.75, 3.05) is 53.9 Å². The molecule has 0 aliphatic heterocycles. The zero-order valence-corrected chi connectivity index (χ0v) is 25.1. The molecule has 232 valence electrons. The fourth-order valence-corrected chi connectivity index (χ4v) is 5.03. The maximum absolute atomic E-state index is 13.8. The fraction of sp³-hybridized carbons (Fsp3) is 0.926. The summed E-state index contributed by atoms with van der Waals surface area (Å²) in [5.74, 6) is -6.43. The number of aliphatic carboxylic acids is 2. The van der Waals surface area contributed by atoms with Crippen LogP contribution in [-0.2, 0) is 47.5 Å². The SMILES string of the molecule is CCOC(OCC)C(OC)(OCC)C(CCCCCCC(=O)O)(C(=O)O)C(OC)(OCC)C(OCC)OCC. The van der Waals surface area contributed by atoms with Crippen molar-refractivity contribution in [3.63, 3.8) is 0 Å². The predicted molar refractivity (Wildman–Crippen MR) is 142 cm³/mol. The topological polar surface area (TPSA) is 148 Å². The summed E-state index contributed by atoms with van der Waals surface area (Å²) in [6.07, 6.45) is -0.785. The summed E-state index contributed by atoms with van der Waals surface area (Å²) in [7, 11) is 2.65. The maximum atomic E-state index is 13.8. The monoisotopic (exact) mass is 568 g/mol. The van der Waals surface area contributed by atoms with E-state index in [9.17, 15) is 14.7 Å². The lowest BCUT2D eigenvalue weighted by Gasteiger charge is -2.57. The van der Waals surface area contributed by atoms with Crippen molar-refractivity contribution in [2.24, 2.45) is 5.41 Å². The van der Waals surface area contributed by atoms with Crippen LogP contribution >= 0.6 is 0 Å². The van der Waals surface area contributed by atoms with E-state index in [1.165, 1.54) is 14.2 Å². The average Bonchev–Trinajstić information content (AvgIpc) is 2.90. The molecule has 0 aromatic carbocycles. The Hall–Kier alpha value is -1.38. The normalized spacial score (nSPS) is 16.7. The minimum absolute atomic E-state index is 0.0273. The number of hydrogen-bond acceptors (Lipinski definition) is 10. The Bertz CT molecular complexity index is 629. The molecule has 0 amide bonds. The Labute approximate surface area is 233 Å². The standard InChI is InChI=1S/C27H52O12/c1-9-34-23(35-10-2)26(32-7,38-13-5)25(22(30)31,20-18-16-15-17-19-21(28)29)27(33-8,39-14-6)24(36-11-3)37-12-4/h23-24H,9-20H2,1-8H3,(H,28,29)(H,30,31). The second-order valence-electron chi connectivity index (χ2n) is 8.61. The molecule has 0 spiro atoms. The van der Waals surface area contributed by atoms with E-state index in [1.54, 1.807) is 41.5 Å². The van der Waals surface area contributed by atoms with Gasteiger partial charge in [-0.2, -0.15) is 0 Å². The van der Waals surface area contributed by atoms with Crippen LogP contribution < -0.4 is 0 Å². The van der Waals surface area contributed by atoms with Crippen molar-refractivity contribution < 1.29 is 57.7 Å². The van der Waals surface area contributed by atoms with Crippen LogP contribution in [0, 0.1) is 5.41 Å². The fourth-order valence-electron chi connectivity index (χ4n) is 5.03. The molecule has 0 aliphatic rings. The van der Waals surface area contributed by atoms with Crippen molar-refractivity contribution in [1.29, 1.82) is 0 Å².